The van der Waals surface area contributed by atoms with Gasteiger partial charge in [0.25, 0.3) is 0 Å². The molecule has 1 nitrogen and oxygen atoms in total. The minimum Gasteiger partial charge on any atom is -0.314 e. The first-order valence-corrected chi connectivity index (χ1v) is 7.40. The summed E-state index contributed by atoms with van der Waals surface area (Å²) < 4.78 is 0. The van der Waals surface area contributed by atoms with Crippen molar-refractivity contribution >= 4 is 11.6 Å². The summed E-state index contributed by atoms with van der Waals surface area (Å²) in [5, 5.41) is 4.54. The van der Waals surface area contributed by atoms with Gasteiger partial charge >= 0.3 is 0 Å². The Morgan fingerprint density at radius 2 is 2.00 bits per heavy atom. The van der Waals surface area contributed by atoms with Crippen LogP contribution in [-0.4, -0.2) is 12.6 Å². The molecule has 0 bridgehead atoms. The average Bonchev–Trinajstić information content (AvgIpc) is 2.31. The third-order valence-corrected chi connectivity index (χ3v) is 3.75. The number of halogens is 1. The Kier molecular flexibility index (Phi) is 6.73. The number of rotatable bonds is 7. The van der Waals surface area contributed by atoms with Crippen molar-refractivity contribution in [2.45, 2.75) is 53.0 Å². The molecule has 1 aromatic carbocycles. The van der Waals surface area contributed by atoms with Crippen LogP contribution in [-0.2, 0) is 6.42 Å². The highest BCUT2D eigenvalue weighted by molar-refractivity contribution is 6.31. The fourth-order valence-corrected chi connectivity index (χ4v) is 2.50. The molecule has 0 radical (unpaired) electrons. The summed E-state index contributed by atoms with van der Waals surface area (Å²) in [6, 6.07) is 6.95. The molecule has 0 aliphatic heterocycles. The number of benzene rings is 1. The van der Waals surface area contributed by atoms with Crippen molar-refractivity contribution < 1.29 is 0 Å². The molecule has 1 unspecified atom stereocenters. The van der Waals surface area contributed by atoms with E-state index in [1.807, 2.05) is 0 Å². The van der Waals surface area contributed by atoms with E-state index in [1.165, 1.54) is 17.5 Å². The first-order chi connectivity index (χ1) is 8.54. The molecule has 1 rings (SSSR count). The first kappa shape index (κ1) is 15.5. The topological polar surface area (TPSA) is 12.0 Å². The molecule has 1 N–H and O–H groups in total. The summed E-state index contributed by atoms with van der Waals surface area (Å²) >= 11 is 6.28. The summed E-state index contributed by atoms with van der Waals surface area (Å²) in [6.45, 7) is 9.95. The van der Waals surface area contributed by atoms with E-state index in [1.54, 1.807) is 0 Å². The largest absolute Gasteiger partial charge is 0.314 e. The van der Waals surface area contributed by atoms with Gasteiger partial charge in [0.15, 0.2) is 0 Å². The molecular formula is C16H26ClN. The lowest BCUT2D eigenvalue weighted by molar-refractivity contribution is 0.378. The molecular weight excluding hydrogens is 242 g/mol. The van der Waals surface area contributed by atoms with Crippen molar-refractivity contribution in [3.05, 3.63) is 34.3 Å². The van der Waals surface area contributed by atoms with Crippen LogP contribution in [0.4, 0.5) is 0 Å². The molecule has 0 aliphatic rings. The van der Waals surface area contributed by atoms with Crippen molar-refractivity contribution in [3.8, 4) is 0 Å². The maximum atomic E-state index is 6.28. The second-order valence-corrected chi connectivity index (χ2v) is 5.85. The summed E-state index contributed by atoms with van der Waals surface area (Å²) in [7, 11) is 0. The van der Waals surface area contributed by atoms with Crippen molar-refractivity contribution in [1.82, 2.24) is 5.32 Å². The highest BCUT2D eigenvalue weighted by Gasteiger charge is 2.13. The van der Waals surface area contributed by atoms with Crippen molar-refractivity contribution in [1.29, 1.82) is 0 Å². The lowest BCUT2D eigenvalue weighted by Crippen LogP contribution is -2.34. The molecule has 18 heavy (non-hydrogen) atoms. The van der Waals surface area contributed by atoms with Crippen molar-refractivity contribution in [3.63, 3.8) is 0 Å². The van der Waals surface area contributed by atoms with E-state index in [0.29, 0.717) is 12.0 Å². The number of nitrogens with one attached hydrogen (secondary N) is 1. The number of hydrogen-bond acceptors (Lipinski definition) is 1. The quantitative estimate of drug-likeness (QED) is 0.761. The van der Waals surface area contributed by atoms with E-state index in [9.17, 15) is 0 Å². The van der Waals surface area contributed by atoms with Gasteiger partial charge in [-0.15, -0.1) is 0 Å². The van der Waals surface area contributed by atoms with Gasteiger partial charge in [0.2, 0.25) is 0 Å². The number of hydrogen-bond donors (Lipinski definition) is 1. The highest BCUT2D eigenvalue weighted by atomic mass is 35.5. The van der Waals surface area contributed by atoms with Gasteiger partial charge in [-0.05, 0) is 55.8 Å². The Hall–Kier alpha value is -0.530. The molecule has 2 heteroatoms. The van der Waals surface area contributed by atoms with E-state index in [2.05, 4.69) is 51.2 Å². The smallest absolute Gasteiger partial charge is 0.0440 e. The summed E-state index contributed by atoms with van der Waals surface area (Å²) in [5.74, 6) is 0.667. The monoisotopic (exact) mass is 267 g/mol. The SMILES string of the molecule is CCCNC(CCc1ccc(C)cc1Cl)C(C)C. The summed E-state index contributed by atoms with van der Waals surface area (Å²) in [4.78, 5) is 0. The van der Waals surface area contributed by atoms with Crippen LogP contribution in [0, 0.1) is 12.8 Å². The van der Waals surface area contributed by atoms with Crippen LogP contribution >= 0.6 is 11.6 Å². The van der Waals surface area contributed by atoms with Crippen LogP contribution in [0.1, 0.15) is 44.7 Å². The zero-order valence-electron chi connectivity index (χ0n) is 12.1. The molecule has 0 amide bonds. The van der Waals surface area contributed by atoms with Crippen molar-refractivity contribution in [2.75, 3.05) is 6.54 Å². The van der Waals surface area contributed by atoms with Crippen LogP contribution in [0.3, 0.4) is 0 Å². The van der Waals surface area contributed by atoms with Gasteiger partial charge in [-0.2, -0.15) is 0 Å². The van der Waals surface area contributed by atoms with Gasteiger partial charge in [-0.1, -0.05) is 44.5 Å². The maximum absolute atomic E-state index is 6.28. The fourth-order valence-electron chi connectivity index (χ4n) is 2.17. The van der Waals surface area contributed by atoms with Crippen LogP contribution in [0.5, 0.6) is 0 Å². The molecule has 102 valence electrons. The van der Waals surface area contributed by atoms with E-state index in [4.69, 9.17) is 11.6 Å². The fraction of sp³-hybridized carbons (Fsp3) is 0.625. The standard InChI is InChI=1S/C16H26ClN/c1-5-10-18-16(12(2)3)9-8-14-7-6-13(4)11-15(14)17/h6-7,11-12,16,18H,5,8-10H2,1-4H3. The normalized spacial score (nSPS) is 13.0. The zero-order chi connectivity index (χ0) is 13.5. The molecule has 0 heterocycles. The minimum atomic E-state index is 0.585. The van der Waals surface area contributed by atoms with Crippen LogP contribution in [0.25, 0.3) is 0 Å². The molecule has 1 aromatic rings. The predicted octanol–water partition coefficient (Wildman–Crippen LogP) is 4.61. The Labute approximate surface area is 117 Å². The van der Waals surface area contributed by atoms with E-state index in [0.717, 1.165) is 24.4 Å². The van der Waals surface area contributed by atoms with Crippen LogP contribution < -0.4 is 5.32 Å². The van der Waals surface area contributed by atoms with E-state index >= 15 is 0 Å². The molecule has 0 aliphatic carbocycles. The molecule has 0 saturated heterocycles. The lowest BCUT2D eigenvalue weighted by atomic mass is 9.96. The minimum absolute atomic E-state index is 0.585. The highest BCUT2D eigenvalue weighted by Crippen LogP contribution is 2.20. The second-order valence-electron chi connectivity index (χ2n) is 5.44. The van der Waals surface area contributed by atoms with Crippen LogP contribution in [0.15, 0.2) is 18.2 Å². The molecule has 0 fully saturated rings. The van der Waals surface area contributed by atoms with Gasteiger partial charge in [0.05, 0.1) is 0 Å². The van der Waals surface area contributed by atoms with Gasteiger partial charge in [-0.3, -0.25) is 0 Å². The van der Waals surface area contributed by atoms with Crippen molar-refractivity contribution in [2.24, 2.45) is 5.92 Å². The third-order valence-electron chi connectivity index (χ3n) is 3.39. The maximum Gasteiger partial charge on any atom is 0.0440 e. The van der Waals surface area contributed by atoms with E-state index in [-0.39, 0.29) is 0 Å². The molecule has 0 spiro atoms. The number of aryl methyl sites for hydroxylation is 2. The molecule has 0 saturated carbocycles. The third kappa shape index (κ3) is 4.99. The molecule has 1 atom stereocenters. The first-order valence-electron chi connectivity index (χ1n) is 7.03. The van der Waals surface area contributed by atoms with Gasteiger partial charge in [-0.25, -0.2) is 0 Å². The van der Waals surface area contributed by atoms with Crippen LogP contribution in [0.2, 0.25) is 5.02 Å². The van der Waals surface area contributed by atoms with E-state index < -0.39 is 0 Å². The predicted molar refractivity (Wildman–Crippen MR) is 81.4 cm³/mol. The molecule has 0 aromatic heterocycles. The lowest BCUT2D eigenvalue weighted by Gasteiger charge is -2.22. The van der Waals surface area contributed by atoms with Gasteiger partial charge < -0.3 is 5.32 Å². The zero-order valence-corrected chi connectivity index (χ0v) is 12.8. The second kappa shape index (κ2) is 7.81. The summed E-state index contributed by atoms with van der Waals surface area (Å²) in [6.07, 6.45) is 3.40. The van der Waals surface area contributed by atoms with Gasteiger partial charge in [0.1, 0.15) is 0 Å². The Morgan fingerprint density at radius 1 is 1.28 bits per heavy atom. The summed E-state index contributed by atoms with van der Waals surface area (Å²) in [5.41, 5.74) is 2.50. The Balaban J connectivity index is 2.55. The average molecular weight is 268 g/mol. The Morgan fingerprint density at radius 3 is 2.56 bits per heavy atom. The van der Waals surface area contributed by atoms with Gasteiger partial charge in [0, 0.05) is 11.1 Å². The Bertz CT molecular complexity index is 360.